The van der Waals surface area contributed by atoms with E-state index in [-0.39, 0.29) is 11.6 Å². The van der Waals surface area contributed by atoms with Crippen LogP contribution in [0, 0.1) is 0 Å². The highest BCUT2D eigenvalue weighted by Gasteiger charge is 2.24. The Kier molecular flexibility index (Phi) is 11.2. The summed E-state index contributed by atoms with van der Waals surface area (Å²) >= 11 is 1.37. The Morgan fingerprint density at radius 3 is 2.12 bits per heavy atom. The van der Waals surface area contributed by atoms with Crippen LogP contribution in [0.1, 0.15) is 26.7 Å². The summed E-state index contributed by atoms with van der Waals surface area (Å²) in [4.78, 5) is 41.3. The predicted molar refractivity (Wildman–Crippen MR) is 198 cm³/mol. The van der Waals surface area contributed by atoms with Crippen LogP contribution in [-0.4, -0.2) is 45.2 Å². The highest BCUT2D eigenvalue weighted by molar-refractivity contribution is 8.00. The Labute approximate surface area is 299 Å². The number of anilines is 2. The van der Waals surface area contributed by atoms with Crippen LogP contribution in [0.15, 0.2) is 132 Å². The van der Waals surface area contributed by atoms with Crippen molar-refractivity contribution in [2.24, 2.45) is 0 Å². The van der Waals surface area contributed by atoms with E-state index in [1.165, 1.54) is 32.1 Å². The zero-order valence-electron chi connectivity index (χ0n) is 27.9. The van der Waals surface area contributed by atoms with Crippen molar-refractivity contribution in [2.45, 2.75) is 10.1 Å². The van der Waals surface area contributed by atoms with Crippen molar-refractivity contribution in [3.8, 4) is 23.0 Å². The highest BCUT2D eigenvalue weighted by atomic mass is 32.2. The molecule has 1 atom stereocenters. The normalized spacial score (nSPS) is 12.6. The molecule has 5 aromatic carbocycles. The largest absolute Gasteiger partial charge is 0.497 e. The molecule has 0 aliphatic carbocycles. The SMILES string of the molecule is COc1ccc(OC)c(/C=C(\NC(=O)c2ccccc2)C(=O)Nc2ccc(SC(C(=O)Nc3ccc4c(c3)OCCO4)c3ccccc3)cc2)c1. The van der Waals surface area contributed by atoms with Crippen LogP contribution in [0.4, 0.5) is 11.4 Å². The topological polar surface area (TPSA) is 124 Å². The molecule has 11 heteroatoms. The second-order valence-electron chi connectivity index (χ2n) is 11.2. The van der Waals surface area contributed by atoms with Gasteiger partial charge in [-0.3, -0.25) is 14.4 Å². The van der Waals surface area contributed by atoms with Crippen molar-refractivity contribution < 1.29 is 33.3 Å². The molecule has 0 aromatic heterocycles. The summed E-state index contributed by atoms with van der Waals surface area (Å²) in [7, 11) is 3.06. The summed E-state index contributed by atoms with van der Waals surface area (Å²) in [5.41, 5.74) is 2.82. The zero-order chi connectivity index (χ0) is 35.6. The summed E-state index contributed by atoms with van der Waals surface area (Å²) in [5, 5.41) is 8.05. The number of fused-ring (bicyclic) bond motifs is 1. The van der Waals surface area contributed by atoms with E-state index in [9.17, 15) is 14.4 Å². The van der Waals surface area contributed by atoms with Gasteiger partial charge in [-0.1, -0.05) is 48.5 Å². The molecule has 0 fully saturated rings. The van der Waals surface area contributed by atoms with Gasteiger partial charge in [0.1, 0.15) is 35.7 Å². The number of rotatable bonds is 12. The minimum atomic E-state index is -0.583. The smallest absolute Gasteiger partial charge is 0.272 e. The standard InChI is InChI=1S/C40H35N3O7S/c1-47-31-16-20-34(48-2)28(23-31)24-33(43-38(44)27-11-7-4-8-12-27)39(45)41-29-13-17-32(18-14-29)51-37(26-9-5-3-6-10-26)40(46)42-30-15-19-35-36(25-30)50-22-21-49-35/h3-20,23-25,37H,21-22H2,1-2H3,(H,41,45)(H,42,46)(H,43,44)/b33-24-. The molecular formula is C40H35N3O7S. The number of ether oxygens (including phenoxy) is 4. The Morgan fingerprint density at radius 1 is 0.725 bits per heavy atom. The number of hydrogen-bond acceptors (Lipinski definition) is 8. The van der Waals surface area contributed by atoms with E-state index >= 15 is 0 Å². The van der Waals surface area contributed by atoms with Crippen molar-refractivity contribution in [3.05, 3.63) is 144 Å². The molecule has 0 saturated heterocycles. The van der Waals surface area contributed by atoms with Gasteiger partial charge >= 0.3 is 0 Å². The molecule has 10 nitrogen and oxygen atoms in total. The van der Waals surface area contributed by atoms with Gasteiger partial charge < -0.3 is 34.9 Å². The second kappa shape index (κ2) is 16.5. The average molecular weight is 702 g/mol. The van der Waals surface area contributed by atoms with Crippen LogP contribution in [0.3, 0.4) is 0 Å². The van der Waals surface area contributed by atoms with Crippen molar-refractivity contribution in [3.63, 3.8) is 0 Å². The molecule has 51 heavy (non-hydrogen) atoms. The maximum atomic E-state index is 13.7. The predicted octanol–water partition coefficient (Wildman–Crippen LogP) is 7.36. The second-order valence-corrected chi connectivity index (χ2v) is 12.4. The first kappa shape index (κ1) is 34.7. The molecule has 1 unspecified atom stereocenters. The number of benzene rings is 5. The molecule has 5 aromatic rings. The van der Waals surface area contributed by atoms with Crippen LogP contribution in [-0.2, 0) is 9.59 Å². The lowest BCUT2D eigenvalue weighted by Crippen LogP contribution is -2.30. The van der Waals surface area contributed by atoms with Crippen molar-refractivity contribution >= 4 is 46.9 Å². The lowest BCUT2D eigenvalue weighted by atomic mass is 10.1. The van der Waals surface area contributed by atoms with Gasteiger partial charge in [0.25, 0.3) is 11.8 Å². The summed E-state index contributed by atoms with van der Waals surface area (Å²) in [6.45, 7) is 0.926. The Balaban J connectivity index is 1.20. The number of hydrogen-bond donors (Lipinski definition) is 3. The molecular weight excluding hydrogens is 667 g/mol. The number of nitrogens with one attached hydrogen (secondary N) is 3. The lowest BCUT2D eigenvalue weighted by molar-refractivity contribution is -0.116. The van der Waals surface area contributed by atoms with Gasteiger partial charge in [0.15, 0.2) is 11.5 Å². The van der Waals surface area contributed by atoms with Crippen molar-refractivity contribution in [1.29, 1.82) is 0 Å². The fraction of sp³-hybridized carbons (Fsp3) is 0.125. The van der Waals surface area contributed by atoms with E-state index in [0.717, 1.165) is 10.5 Å². The van der Waals surface area contributed by atoms with E-state index in [4.69, 9.17) is 18.9 Å². The monoisotopic (exact) mass is 701 g/mol. The average Bonchev–Trinajstić information content (AvgIpc) is 3.17. The quantitative estimate of drug-likeness (QED) is 0.0911. The minimum absolute atomic E-state index is 0.00573. The van der Waals surface area contributed by atoms with Gasteiger partial charge in [-0.25, -0.2) is 0 Å². The van der Waals surface area contributed by atoms with Gasteiger partial charge in [-0.15, -0.1) is 11.8 Å². The summed E-state index contributed by atoms with van der Waals surface area (Å²) in [6, 6.07) is 35.7. The highest BCUT2D eigenvalue weighted by Crippen LogP contribution is 2.38. The number of amides is 3. The van der Waals surface area contributed by atoms with E-state index in [0.29, 0.717) is 58.7 Å². The third-order valence-corrected chi connectivity index (χ3v) is 9.05. The maximum Gasteiger partial charge on any atom is 0.272 e. The summed E-state index contributed by atoms with van der Waals surface area (Å²) in [6.07, 6.45) is 1.53. The van der Waals surface area contributed by atoms with Crippen molar-refractivity contribution in [2.75, 3.05) is 38.1 Å². The van der Waals surface area contributed by atoms with Gasteiger partial charge in [-0.05, 0) is 78.4 Å². The first-order valence-electron chi connectivity index (χ1n) is 16.0. The molecule has 0 bridgehead atoms. The van der Waals surface area contributed by atoms with Crippen LogP contribution in [0.2, 0.25) is 0 Å². The van der Waals surface area contributed by atoms with Crippen LogP contribution >= 0.6 is 11.8 Å². The third-order valence-electron chi connectivity index (χ3n) is 7.78. The first-order chi connectivity index (χ1) is 24.9. The van der Waals surface area contributed by atoms with Gasteiger partial charge in [0.2, 0.25) is 5.91 Å². The Morgan fingerprint density at radius 2 is 1.41 bits per heavy atom. The molecule has 0 radical (unpaired) electrons. The molecule has 0 saturated carbocycles. The van der Waals surface area contributed by atoms with E-state index in [1.807, 2.05) is 42.5 Å². The molecule has 3 N–H and O–H groups in total. The molecule has 0 spiro atoms. The van der Waals surface area contributed by atoms with Crippen molar-refractivity contribution in [1.82, 2.24) is 5.32 Å². The van der Waals surface area contributed by atoms with Gasteiger partial charge in [0.05, 0.1) is 14.2 Å². The van der Waals surface area contributed by atoms with E-state index in [2.05, 4.69) is 16.0 Å². The van der Waals surface area contributed by atoms with E-state index in [1.54, 1.807) is 78.9 Å². The van der Waals surface area contributed by atoms with Crippen LogP contribution in [0.25, 0.3) is 6.08 Å². The fourth-order valence-corrected chi connectivity index (χ4v) is 6.26. The minimum Gasteiger partial charge on any atom is -0.497 e. The molecule has 1 aliphatic rings. The van der Waals surface area contributed by atoms with Gasteiger partial charge in [-0.2, -0.15) is 0 Å². The van der Waals surface area contributed by atoms with Crippen LogP contribution < -0.4 is 34.9 Å². The molecule has 3 amide bonds. The maximum absolute atomic E-state index is 13.7. The lowest BCUT2D eigenvalue weighted by Gasteiger charge is -2.20. The number of methoxy groups -OCH3 is 2. The number of thioether (sulfide) groups is 1. The number of carbonyl (C=O) groups excluding carboxylic acids is 3. The number of carbonyl (C=O) groups is 3. The summed E-state index contributed by atoms with van der Waals surface area (Å²) < 4.78 is 22.1. The van der Waals surface area contributed by atoms with Crippen LogP contribution in [0.5, 0.6) is 23.0 Å². The Bertz CT molecular complexity index is 2040. The molecule has 258 valence electrons. The first-order valence-corrected chi connectivity index (χ1v) is 16.9. The molecule has 6 rings (SSSR count). The van der Waals surface area contributed by atoms with E-state index < -0.39 is 17.1 Å². The molecule has 1 heterocycles. The zero-order valence-corrected chi connectivity index (χ0v) is 28.7. The third kappa shape index (κ3) is 8.89. The van der Waals surface area contributed by atoms with Gasteiger partial charge in [0, 0.05) is 33.5 Å². The Hall–Kier alpha value is -6.20. The summed E-state index contributed by atoms with van der Waals surface area (Å²) in [5.74, 6) is 1.05. The molecule has 1 aliphatic heterocycles. The fourth-order valence-electron chi connectivity index (χ4n) is 5.23.